The molecule has 0 amide bonds. The summed E-state index contributed by atoms with van der Waals surface area (Å²) in [5.74, 6) is 0. The fourth-order valence-corrected chi connectivity index (χ4v) is 0.795. The van der Waals surface area contributed by atoms with Gasteiger partial charge in [-0.15, -0.1) is 0 Å². The molecule has 1 N–H and O–H groups in total. The number of halogens is 1. The van der Waals surface area contributed by atoms with Gasteiger partial charge in [-0.1, -0.05) is 6.58 Å². The zero-order chi connectivity index (χ0) is 9.02. The normalized spacial score (nSPS) is 16.5. The van der Waals surface area contributed by atoms with E-state index >= 15 is 0 Å². The zero-order valence-electron chi connectivity index (χ0n) is 7.34. The van der Waals surface area contributed by atoms with Crippen LogP contribution in [0.25, 0.3) is 0 Å². The first kappa shape index (κ1) is 10.6. The third-order valence-corrected chi connectivity index (χ3v) is 1.36. The average molecular weight is 161 g/mol. The van der Waals surface area contributed by atoms with Crippen molar-refractivity contribution >= 4 is 0 Å². The minimum Gasteiger partial charge on any atom is -0.388 e. The highest BCUT2D eigenvalue weighted by Gasteiger charge is 2.18. The average Bonchev–Trinajstić information content (AvgIpc) is 1.84. The Morgan fingerprint density at radius 2 is 2.09 bits per heavy atom. The number of rotatable bonds is 4. The van der Waals surface area contributed by atoms with Crippen LogP contribution in [0.15, 0.2) is 12.2 Å². The maximum absolute atomic E-state index is 12.9. The Kier molecular flexibility index (Phi) is 4.30. The van der Waals surface area contributed by atoms with E-state index in [9.17, 15) is 9.50 Å². The summed E-state index contributed by atoms with van der Waals surface area (Å²) in [6, 6.07) is 0. The van der Waals surface area contributed by atoms with Gasteiger partial charge in [0.2, 0.25) is 0 Å². The van der Waals surface area contributed by atoms with E-state index in [4.69, 9.17) is 0 Å². The highest BCUT2D eigenvalue weighted by atomic mass is 19.1. The lowest BCUT2D eigenvalue weighted by atomic mass is 10.1. The Bertz CT molecular complexity index is 136. The second kappa shape index (κ2) is 4.46. The van der Waals surface area contributed by atoms with E-state index in [0.717, 1.165) is 0 Å². The fourth-order valence-electron chi connectivity index (χ4n) is 0.795. The molecule has 0 radical (unpaired) electrons. The monoisotopic (exact) mass is 161 g/mol. The standard InChI is InChI=1S/C8H16FNO/c1-6(2)8(9)7(11)5-10(3)4/h7-8,11H,1,5H2,2-4H3/t7-,8-/m0/s1. The van der Waals surface area contributed by atoms with Crippen LogP contribution < -0.4 is 0 Å². The molecule has 0 aliphatic heterocycles. The molecule has 0 fully saturated rings. The van der Waals surface area contributed by atoms with Gasteiger partial charge in [0, 0.05) is 6.54 Å². The first-order valence-electron chi connectivity index (χ1n) is 3.57. The molecule has 0 aromatic carbocycles. The minimum absolute atomic E-state index is 0.327. The Labute approximate surface area is 67.3 Å². The molecule has 0 unspecified atom stereocenters. The zero-order valence-corrected chi connectivity index (χ0v) is 7.34. The number of aliphatic hydroxyl groups excluding tert-OH is 1. The molecule has 0 saturated carbocycles. The Hall–Kier alpha value is -0.410. The Balaban J connectivity index is 3.82. The molecule has 0 aliphatic rings. The predicted molar refractivity (Wildman–Crippen MR) is 44.3 cm³/mol. The lowest BCUT2D eigenvalue weighted by Crippen LogP contribution is -2.33. The molecular formula is C8H16FNO. The van der Waals surface area contributed by atoms with Crippen LogP contribution in [0.5, 0.6) is 0 Å². The Morgan fingerprint density at radius 1 is 1.64 bits per heavy atom. The maximum atomic E-state index is 12.9. The molecule has 0 spiro atoms. The highest BCUT2D eigenvalue weighted by Crippen LogP contribution is 2.08. The summed E-state index contributed by atoms with van der Waals surface area (Å²) in [7, 11) is 3.57. The van der Waals surface area contributed by atoms with Crippen molar-refractivity contribution in [2.24, 2.45) is 0 Å². The summed E-state index contributed by atoms with van der Waals surface area (Å²) < 4.78 is 12.9. The second-order valence-corrected chi connectivity index (χ2v) is 3.08. The van der Waals surface area contributed by atoms with E-state index < -0.39 is 12.3 Å². The van der Waals surface area contributed by atoms with Crippen molar-refractivity contribution < 1.29 is 9.50 Å². The van der Waals surface area contributed by atoms with Crippen molar-refractivity contribution in [3.63, 3.8) is 0 Å². The number of hydrogen-bond acceptors (Lipinski definition) is 2. The van der Waals surface area contributed by atoms with E-state index in [1.54, 1.807) is 25.9 Å². The predicted octanol–water partition coefficient (Wildman–Crippen LogP) is 0.823. The van der Waals surface area contributed by atoms with Crippen LogP contribution in [0.4, 0.5) is 4.39 Å². The highest BCUT2D eigenvalue weighted by molar-refractivity contribution is 5.00. The molecule has 0 aromatic heterocycles. The van der Waals surface area contributed by atoms with Crippen molar-refractivity contribution in [1.29, 1.82) is 0 Å². The van der Waals surface area contributed by atoms with Crippen LogP contribution in [0, 0.1) is 0 Å². The van der Waals surface area contributed by atoms with Crippen molar-refractivity contribution in [2.45, 2.75) is 19.2 Å². The van der Waals surface area contributed by atoms with E-state index in [-0.39, 0.29) is 0 Å². The maximum Gasteiger partial charge on any atom is 0.148 e. The molecule has 0 bridgehead atoms. The summed E-state index contributed by atoms with van der Waals surface area (Å²) in [4.78, 5) is 1.74. The van der Waals surface area contributed by atoms with Gasteiger partial charge in [0.15, 0.2) is 0 Å². The number of alkyl halides is 1. The van der Waals surface area contributed by atoms with Gasteiger partial charge in [-0.05, 0) is 26.6 Å². The quantitative estimate of drug-likeness (QED) is 0.617. The van der Waals surface area contributed by atoms with Crippen LogP contribution in [-0.4, -0.2) is 42.9 Å². The molecule has 3 heteroatoms. The molecule has 0 saturated heterocycles. The summed E-state index contributed by atoms with van der Waals surface area (Å²) in [5, 5.41) is 9.18. The topological polar surface area (TPSA) is 23.5 Å². The summed E-state index contributed by atoms with van der Waals surface area (Å²) >= 11 is 0. The van der Waals surface area contributed by atoms with Gasteiger partial charge in [0.1, 0.15) is 12.3 Å². The molecule has 0 aromatic rings. The van der Waals surface area contributed by atoms with Gasteiger partial charge in [0.25, 0.3) is 0 Å². The van der Waals surface area contributed by atoms with Crippen molar-refractivity contribution in [3.05, 3.63) is 12.2 Å². The molecule has 0 heterocycles. The molecule has 66 valence electrons. The molecule has 0 aliphatic carbocycles. The van der Waals surface area contributed by atoms with E-state index in [1.807, 2.05) is 0 Å². The molecule has 0 rings (SSSR count). The molecule has 2 atom stereocenters. The van der Waals surface area contributed by atoms with E-state index in [0.29, 0.717) is 12.1 Å². The number of likely N-dealkylation sites (N-methyl/N-ethyl adjacent to an activating group) is 1. The number of aliphatic hydroxyl groups is 1. The van der Waals surface area contributed by atoms with Gasteiger partial charge in [-0.25, -0.2) is 4.39 Å². The van der Waals surface area contributed by atoms with Crippen LogP contribution in [0.3, 0.4) is 0 Å². The van der Waals surface area contributed by atoms with Crippen LogP contribution in [-0.2, 0) is 0 Å². The van der Waals surface area contributed by atoms with Crippen LogP contribution >= 0.6 is 0 Å². The third kappa shape index (κ3) is 4.11. The van der Waals surface area contributed by atoms with Gasteiger partial charge in [-0.3, -0.25) is 0 Å². The number of hydrogen-bond donors (Lipinski definition) is 1. The lowest BCUT2D eigenvalue weighted by Gasteiger charge is -2.19. The lowest BCUT2D eigenvalue weighted by molar-refractivity contribution is 0.0726. The second-order valence-electron chi connectivity index (χ2n) is 3.08. The summed E-state index contributed by atoms with van der Waals surface area (Å²) in [6.07, 6.45) is -2.26. The first-order chi connectivity index (χ1) is 4.95. The Morgan fingerprint density at radius 3 is 2.36 bits per heavy atom. The van der Waals surface area contributed by atoms with Crippen LogP contribution in [0.2, 0.25) is 0 Å². The SMILES string of the molecule is C=C(C)[C@H](F)[C@@H](O)CN(C)C. The van der Waals surface area contributed by atoms with E-state index in [2.05, 4.69) is 6.58 Å². The van der Waals surface area contributed by atoms with Crippen LogP contribution in [0.1, 0.15) is 6.92 Å². The van der Waals surface area contributed by atoms with Gasteiger partial charge in [-0.2, -0.15) is 0 Å². The third-order valence-electron chi connectivity index (χ3n) is 1.36. The first-order valence-corrected chi connectivity index (χ1v) is 3.57. The summed E-state index contributed by atoms with van der Waals surface area (Å²) in [5.41, 5.74) is 0.374. The molecule has 2 nitrogen and oxygen atoms in total. The van der Waals surface area contributed by atoms with Crippen molar-refractivity contribution in [1.82, 2.24) is 4.90 Å². The summed E-state index contributed by atoms with van der Waals surface area (Å²) in [6.45, 7) is 5.33. The van der Waals surface area contributed by atoms with E-state index in [1.165, 1.54) is 0 Å². The van der Waals surface area contributed by atoms with Gasteiger partial charge < -0.3 is 10.0 Å². The smallest absolute Gasteiger partial charge is 0.148 e. The number of nitrogens with zero attached hydrogens (tertiary/aromatic N) is 1. The van der Waals surface area contributed by atoms with Gasteiger partial charge in [0.05, 0.1) is 0 Å². The molecule has 11 heavy (non-hydrogen) atoms. The minimum atomic E-state index is -1.31. The van der Waals surface area contributed by atoms with Crippen molar-refractivity contribution in [3.8, 4) is 0 Å². The largest absolute Gasteiger partial charge is 0.388 e. The molecular weight excluding hydrogens is 145 g/mol. The van der Waals surface area contributed by atoms with Crippen molar-refractivity contribution in [2.75, 3.05) is 20.6 Å². The van der Waals surface area contributed by atoms with Gasteiger partial charge >= 0.3 is 0 Å². The fraction of sp³-hybridized carbons (Fsp3) is 0.750.